The molecule has 0 saturated carbocycles. The molecule has 0 heterocycles. The van der Waals surface area contributed by atoms with Crippen LogP contribution in [0.5, 0.6) is 0 Å². The van der Waals surface area contributed by atoms with Gasteiger partial charge in [-0.15, -0.1) is 23.2 Å². The molecule has 0 aromatic heterocycles. The normalized spacial score (nSPS) is 13.3. The molecule has 2 unspecified atom stereocenters. The zero-order valence-corrected chi connectivity index (χ0v) is 19.7. The summed E-state index contributed by atoms with van der Waals surface area (Å²) in [7, 11) is 1.18. The van der Waals surface area contributed by atoms with Crippen LogP contribution in [-0.4, -0.2) is 66.9 Å². The van der Waals surface area contributed by atoms with Crippen molar-refractivity contribution in [2.24, 2.45) is 0 Å². The van der Waals surface area contributed by atoms with Gasteiger partial charge < -0.3 is 24.8 Å². The van der Waals surface area contributed by atoms with Crippen molar-refractivity contribution in [2.45, 2.75) is 51.9 Å². The molecule has 0 aliphatic rings. The van der Waals surface area contributed by atoms with Crippen LogP contribution in [0.25, 0.3) is 0 Å². The molecule has 0 spiro atoms. The van der Waals surface area contributed by atoms with Gasteiger partial charge in [0.15, 0.2) is 6.10 Å². The fourth-order valence-corrected chi connectivity index (χ4v) is 3.28. The van der Waals surface area contributed by atoms with Gasteiger partial charge in [0.05, 0.1) is 13.2 Å². The molecule has 1 aromatic rings. The number of nitrogens with one attached hydrogen (secondary N) is 1. The van der Waals surface area contributed by atoms with Crippen molar-refractivity contribution in [3.63, 3.8) is 0 Å². The maximum atomic E-state index is 12.3. The number of aliphatic hydroxyl groups is 1. The first kappa shape index (κ1) is 26.3. The second-order valence-corrected chi connectivity index (χ2v) is 8.66. The Kier molecular flexibility index (Phi) is 10.7. The molecular weight excluding hydrogens is 431 g/mol. The number of alkyl carbamates (subject to hydrolysis) is 1. The summed E-state index contributed by atoms with van der Waals surface area (Å²) >= 11 is 11.8. The lowest BCUT2D eigenvalue weighted by Gasteiger charge is -2.27. The number of hydrogen-bond donors (Lipinski definition) is 2. The minimum Gasteiger partial charge on any atom is -0.467 e. The first-order chi connectivity index (χ1) is 14.0. The first-order valence-corrected chi connectivity index (χ1v) is 10.8. The monoisotopic (exact) mass is 462 g/mol. The predicted molar refractivity (Wildman–Crippen MR) is 120 cm³/mol. The van der Waals surface area contributed by atoms with E-state index in [1.807, 2.05) is 25.1 Å². The van der Waals surface area contributed by atoms with Crippen LogP contribution in [0.1, 0.15) is 31.9 Å². The highest BCUT2D eigenvalue weighted by Crippen LogP contribution is 2.22. The van der Waals surface area contributed by atoms with Crippen molar-refractivity contribution < 1.29 is 24.2 Å². The fourth-order valence-electron chi connectivity index (χ4n) is 2.87. The lowest BCUT2D eigenvalue weighted by Crippen LogP contribution is -2.50. The number of benzene rings is 1. The summed E-state index contributed by atoms with van der Waals surface area (Å²) < 4.78 is 9.93. The van der Waals surface area contributed by atoms with E-state index in [4.69, 9.17) is 27.9 Å². The number of esters is 1. The highest BCUT2D eigenvalue weighted by molar-refractivity contribution is 6.18. The Labute approximate surface area is 188 Å². The predicted octanol–water partition coefficient (Wildman–Crippen LogP) is 3.25. The molecule has 0 aliphatic heterocycles. The Morgan fingerprint density at radius 2 is 1.80 bits per heavy atom. The van der Waals surface area contributed by atoms with Gasteiger partial charge in [0.25, 0.3) is 0 Å². The molecule has 0 bridgehead atoms. The summed E-state index contributed by atoms with van der Waals surface area (Å²) in [5.41, 5.74) is 2.00. The van der Waals surface area contributed by atoms with Crippen molar-refractivity contribution in [2.75, 3.05) is 36.9 Å². The number of ether oxygens (including phenoxy) is 2. The van der Waals surface area contributed by atoms with Crippen molar-refractivity contribution in [1.82, 2.24) is 5.32 Å². The summed E-state index contributed by atoms with van der Waals surface area (Å²) in [6.45, 7) is 8.36. The number of carbonyl (C=O) groups is 2. The van der Waals surface area contributed by atoms with E-state index in [1.165, 1.54) is 7.11 Å². The molecule has 0 radical (unpaired) electrons. The molecule has 2 N–H and O–H groups in total. The van der Waals surface area contributed by atoms with Gasteiger partial charge in [0, 0.05) is 30.5 Å². The minimum atomic E-state index is -1.55. The van der Waals surface area contributed by atoms with Crippen LogP contribution >= 0.6 is 23.2 Å². The van der Waals surface area contributed by atoms with E-state index in [0.717, 1.165) is 16.8 Å². The highest BCUT2D eigenvalue weighted by atomic mass is 35.5. The third kappa shape index (κ3) is 8.58. The number of hydrogen-bond acceptors (Lipinski definition) is 6. The second kappa shape index (κ2) is 12.2. The molecule has 1 rings (SSSR count). The van der Waals surface area contributed by atoms with E-state index in [-0.39, 0.29) is 6.42 Å². The van der Waals surface area contributed by atoms with Crippen molar-refractivity contribution in [1.29, 1.82) is 0 Å². The zero-order chi connectivity index (χ0) is 22.9. The average molecular weight is 463 g/mol. The summed E-state index contributed by atoms with van der Waals surface area (Å²) in [5, 5.41) is 13.0. The third-order valence-electron chi connectivity index (χ3n) is 4.37. The highest BCUT2D eigenvalue weighted by Gasteiger charge is 2.31. The molecule has 7 nitrogen and oxygen atoms in total. The maximum absolute atomic E-state index is 12.3. The van der Waals surface area contributed by atoms with Gasteiger partial charge in [-0.3, -0.25) is 0 Å². The van der Waals surface area contributed by atoms with Crippen LogP contribution in [-0.2, 0) is 20.7 Å². The van der Waals surface area contributed by atoms with Gasteiger partial charge in [0.1, 0.15) is 5.60 Å². The molecule has 170 valence electrons. The second-order valence-electron chi connectivity index (χ2n) is 7.90. The lowest BCUT2D eigenvalue weighted by atomic mass is 9.97. The number of amides is 1. The Balaban J connectivity index is 3.16. The quantitative estimate of drug-likeness (QED) is 0.409. The van der Waals surface area contributed by atoms with Gasteiger partial charge >= 0.3 is 12.1 Å². The molecule has 9 heteroatoms. The summed E-state index contributed by atoms with van der Waals surface area (Å²) in [5.74, 6) is 0.0595. The SMILES string of the molecule is COC(=O)C(O)C(Cc1cc(N(CCCl)CCCl)ccc1C)NC(=O)OC(C)(C)C. The van der Waals surface area contributed by atoms with E-state index >= 15 is 0 Å². The smallest absolute Gasteiger partial charge is 0.407 e. The van der Waals surface area contributed by atoms with E-state index in [0.29, 0.717) is 24.8 Å². The van der Waals surface area contributed by atoms with Gasteiger partial charge in [-0.1, -0.05) is 6.07 Å². The van der Waals surface area contributed by atoms with Crippen molar-refractivity contribution in [3.05, 3.63) is 29.3 Å². The third-order valence-corrected chi connectivity index (χ3v) is 4.71. The molecular formula is C21H32Cl2N2O5. The number of rotatable bonds is 10. The molecule has 2 atom stereocenters. The summed E-state index contributed by atoms with van der Waals surface area (Å²) in [6.07, 6.45) is -2.08. The van der Waals surface area contributed by atoms with E-state index in [2.05, 4.69) is 15.0 Å². The molecule has 30 heavy (non-hydrogen) atoms. The van der Waals surface area contributed by atoms with Crippen molar-refractivity contribution >= 4 is 41.0 Å². The fraction of sp³-hybridized carbons (Fsp3) is 0.619. The summed E-state index contributed by atoms with van der Waals surface area (Å²) in [6, 6.07) is 4.92. The van der Waals surface area contributed by atoms with Crippen LogP contribution in [0.15, 0.2) is 18.2 Å². The van der Waals surface area contributed by atoms with Gasteiger partial charge in [-0.25, -0.2) is 9.59 Å². The molecule has 0 saturated heterocycles. The van der Waals surface area contributed by atoms with Gasteiger partial charge in [-0.2, -0.15) is 0 Å². The Morgan fingerprint density at radius 1 is 1.20 bits per heavy atom. The number of alkyl halides is 2. The molecule has 1 aromatic carbocycles. The van der Waals surface area contributed by atoms with Gasteiger partial charge in [0.2, 0.25) is 0 Å². The number of nitrogens with zero attached hydrogens (tertiary/aromatic N) is 1. The minimum absolute atomic E-state index is 0.199. The number of anilines is 1. The zero-order valence-electron chi connectivity index (χ0n) is 18.2. The maximum Gasteiger partial charge on any atom is 0.407 e. The Morgan fingerprint density at radius 3 is 2.30 bits per heavy atom. The summed E-state index contributed by atoms with van der Waals surface area (Å²) in [4.78, 5) is 26.3. The van der Waals surface area contributed by atoms with Crippen molar-refractivity contribution in [3.8, 4) is 0 Å². The number of halogens is 2. The lowest BCUT2D eigenvalue weighted by molar-refractivity contribution is -0.151. The number of aliphatic hydroxyl groups excluding tert-OH is 1. The van der Waals surface area contributed by atoms with Gasteiger partial charge in [-0.05, 0) is 57.4 Å². The van der Waals surface area contributed by atoms with Crippen LogP contribution in [0.2, 0.25) is 0 Å². The molecule has 0 aliphatic carbocycles. The largest absolute Gasteiger partial charge is 0.467 e. The van der Waals surface area contributed by atoms with E-state index < -0.39 is 29.8 Å². The standard InChI is InChI=1S/C21H32Cl2N2O5/c1-14-6-7-16(25(10-8-22)11-9-23)12-15(14)13-17(18(26)19(27)29-5)24-20(28)30-21(2,3)4/h6-7,12,17-18,26H,8-11,13H2,1-5H3,(H,24,28). The average Bonchev–Trinajstić information content (AvgIpc) is 2.66. The van der Waals surface area contributed by atoms with Crippen LogP contribution in [0.3, 0.4) is 0 Å². The van der Waals surface area contributed by atoms with Crippen LogP contribution in [0.4, 0.5) is 10.5 Å². The van der Waals surface area contributed by atoms with Crippen LogP contribution < -0.4 is 10.2 Å². The topological polar surface area (TPSA) is 88.1 Å². The molecule has 0 fully saturated rings. The first-order valence-electron chi connectivity index (χ1n) is 9.74. The Hall–Kier alpha value is -1.70. The van der Waals surface area contributed by atoms with Crippen LogP contribution in [0, 0.1) is 6.92 Å². The number of aryl methyl sites for hydroxylation is 1. The Bertz CT molecular complexity index is 703. The number of carbonyl (C=O) groups excluding carboxylic acids is 2. The van der Waals surface area contributed by atoms with E-state index in [1.54, 1.807) is 20.8 Å². The number of methoxy groups -OCH3 is 1. The molecule has 1 amide bonds. The van der Waals surface area contributed by atoms with E-state index in [9.17, 15) is 14.7 Å².